The molecule has 0 atom stereocenters. The minimum absolute atomic E-state index is 0.0399. The summed E-state index contributed by atoms with van der Waals surface area (Å²) in [6.07, 6.45) is 0.657. The number of aromatic nitrogens is 3. The normalized spacial score (nSPS) is 14.7. The van der Waals surface area contributed by atoms with Gasteiger partial charge >= 0.3 is 0 Å². The lowest BCUT2D eigenvalue weighted by molar-refractivity contribution is -0.134. The van der Waals surface area contributed by atoms with Crippen molar-refractivity contribution in [2.75, 3.05) is 26.3 Å². The van der Waals surface area contributed by atoms with E-state index >= 15 is 0 Å². The maximum atomic E-state index is 12.5. The van der Waals surface area contributed by atoms with Crippen molar-refractivity contribution >= 4 is 22.2 Å². The van der Waals surface area contributed by atoms with Crippen LogP contribution in [0.4, 0.5) is 0 Å². The topological polar surface area (TPSA) is 76.8 Å². The van der Waals surface area contributed by atoms with Crippen molar-refractivity contribution in [1.29, 1.82) is 0 Å². The summed E-state index contributed by atoms with van der Waals surface area (Å²) in [5, 5.41) is 6.33. The van der Waals surface area contributed by atoms with Gasteiger partial charge in [-0.3, -0.25) is 9.59 Å². The molecule has 0 radical (unpaired) electrons. The summed E-state index contributed by atoms with van der Waals surface area (Å²) in [4.78, 5) is 31.2. The Kier molecular flexibility index (Phi) is 4.77. The number of benzene rings is 1. The lowest BCUT2D eigenvalue weighted by Crippen LogP contribution is -2.41. The maximum Gasteiger partial charge on any atom is 0.296 e. The summed E-state index contributed by atoms with van der Waals surface area (Å²) in [6, 6.07) is 9.68. The smallest absolute Gasteiger partial charge is 0.296 e. The Balaban J connectivity index is 1.61. The zero-order chi connectivity index (χ0) is 17.9. The van der Waals surface area contributed by atoms with E-state index in [-0.39, 0.29) is 17.9 Å². The summed E-state index contributed by atoms with van der Waals surface area (Å²) < 4.78 is 6.91. The molecule has 2 aromatic heterocycles. The molecule has 1 aromatic carbocycles. The molecular formula is C18H18N4O3S. The van der Waals surface area contributed by atoms with Crippen molar-refractivity contribution in [3.8, 4) is 0 Å². The molecule has 7 nitrogen and oxygen atoms in total. The minimum atomic E-state index is -0.318. The number of thiazole rings is 1. The molecule has 1 amide bonds. The first-order valence-electron chi connectivity index (χ1n) is 8.46. The molecule has 0 unspecified atom stereocenters. The fraction of sp³-hybridized carbons (Fsp3) is 0.333. The summed E-state index contributed by atoms with van der Waals surface area (Å²) in [5.41, 5.74) is 1.82. The molecule has 0 aliphatic carbocycles. The Hall–Kier alpha value is -2.58. The van der Waals surface area contributed by atoms with E-state index in [1.54, 1.807) is 9.42 Å². The SMILES string of the molecule is O=C(Cc1csc2nc(=O)c(Cc3ccccc3)nn12)N1CCOCC1. The van der Waals surface area contributed by atoms with Gasteiger partial charge in [-0.25, -0.2) is 4.52 Å². The molecule has 1 aliphatic heterocycles. The molecular weight excluding hydrogens is 352 g/mol. The van der Waals surface area contributed by atoms with Crippen molar-refractivity contribution in [3.63, 3.8) is 0 Å². The zero-order valence-electron chi connectivity index (χ0n) is 14.1. The molecule has 4 rings (SSSR count). The van der Waals surface area contributed by atoms with Gasteiger partial charge < -0.3 is 9.64 Å². The molecule has 3 heterocycles. The van der Waals surface area contributed by atoms with E-state index in [0.29, 0.717) is 43.4 Å². The Morgan fingerprint density at radius 1 is 1.19 bits per heavy atom. The predicted octanol–water partition coefficient (Wildman–Crippen LogP) is 1.14. The van der Waals surface area contributed by atoms with Gasteiger partial charge in [0.2, 0.25) is 10.9 Å². The molecule has 0 saturated carbocycles. The van der Waals surface area contributed by atoms with E-state index in [1.807, 2.05) is 35.7 Å². The Morgan fingerprint density at radius 2 is 1.96 bits per heavy atom. The van der Waals surface area contributed by atoms with Gasteiger partial charge in [0.1, 0.15) is 5.69 Å². The fourth-order valence-electron chi connectivity index (χ4n) is 2.94. The second kappa shape index (κ2) is 7.35. The number of rotatable bonds is 4. The van der Waals surface area contributed by atoms with Crippen LogP contribution in [-0.2, 0) is 22.4 Å². The van der Waals surface area contributed by atoms with Gasteiger partial charge in [-0.2, -0.15) is 10.1 Å². The summed E-state index contributed by atoms with van der Waals surface area (Å²) in [5.74, 6) is 0.0399. The number of morpholine rings is 1. The van der Waals surface area contributed by atoms with E-state index in [2.05, 4.69) is 10.1 Å². The third-order valence-electron chi connectivity index (χ3n) is 4.33. The molecule has 26 heavy (non-hydrogen) atoms. The highest BCUT2D eigenvalue weighted by atomic mass is 32.1. The summed E-state index contributed by atoms with van der Waals surface area (Å²) in [6.45, 7) is 2.37. The monoisotopic (exact) mass is 370 g/mol. The Bertz CT molecular complexity index is 977. The number of nitrogens with zero attached hydrogens (tertiary/aromatic N) is 4. The number of hydrogen-bond acceptors (Lipinski definition) is 6. The van der Waals surface area contributed by atoms with E-state index in [9.17, 15) is 9.59 Å². The van der Waals surface area contributed by atoms with Crippen molar-refractivity contribution in [3.05, 3.63) is 63.0 Å². The largest absolute Gasteiger partial charge is 0.378 e. The van der Waals surface area contributed by atoms with Crippen LogP contribution in [0.15, 0.2) is 40.5 Å². The van der Waals surface area contributed by atoms with Gasteiger partial charge in [0.25, 0.3) is 5.56 Å². The van der Waals surface area contributed by atoms with Crippen molar-refractivity contribution in [1.82, 2.24) is 19.5 Å². The Labute approximate surface area is 153 Å². The van der Waals surface area contributed by atoms with Crippen LogP contribution in [0.3, 0.4) is 0 Å². The van der Waals surface area contributed by atoms with Gasteiger partial charge in [0.15, 0.2) is 0 Å². The number of hydrogen-bond donors (Lipinski definition) is 0. The molecule has 1 saturated heterocycles. The van der Waals surface area contributed by atoms with Crippen LogP contribution in [0, 0.1) is 0 Å². The van der Waals surface area contributed by atoms with Crippen molar-refractivity contribution in [2.24, 2.45) is 0 Å². The molecule has 0 N–H and O–H groups in total. The van der Waals surface area contributed by atoms with Crippen LogP contribution in [-0.4, -0.2) is 51.7 Å². The van der Waals surface area contributed by atoms with Crippen LogP contribution in [0.1, 0.15) is 17.0 Å². The highest BCUT2D eigenvalue weighted by molar-refractivity contribution is 7.15. The van der Waals surface area contributed by atoms with E-state index in [0.717, 1.165) is 11.3 Å². The average molecular weight is 370 g/mol. The van der Waals surface area contributed by atoms with E-state index < -0.39 is 0 Å². The van der Waals surface area contributed by atoms with Gasteiger partial charge in [-0.05, 0) is 5.56 Å². The fourth-order valence-corrected chi connectivity index (χ4v) is 3.75. The van der Waals surface area contributed by atoms with Crippen LogP contribution < -0.4 is 5.56 Å². The van der Waals surface area contributed by atoms with Gasteiger partial charge in [-0.15, -0.1) is 11.3 Å². The summed E-state index contributed by atoms with van der Waals surface area (Å²) in [7, 11) is 0. The van der Waals surface area contributed by atoms with Crippen molar-refractivity contribution in [2.45, 2.75) is 12.8 Å². The molecule has 8 heteroatoms. The second-order valence-corrected chi connectivity index (χ2v) is 6.95. The van der Waals surface area contributed by atoms with Gasteiger partial charge in [-0.1, -0.05) is 30.3 Å². The number of ether oxygens (including phenoxy) is 1. The van der Waals surface area contributed by atoms with E-state index in [1.165, 1.54) is 11.3 Å². The van der Waals surface area contributed by atoms with E-state index in [4.69, 9.17) is 4.74 Å². The summed E-state index contributed by atoms with van der Waals surface area (Å²) >= 11 is 1.33. The number of fused-ring (bicyclic) bond motifs is 1. The lowest BCUT2D eigenvalue weighted by atomic mass is 10.1. The molecule has 1 aliphatic rings. The van der Waals surface area contributed by atoms with Crippen LogP contribution in [0.25, 0.3) is 4.96 Å². The van der Waals surface area contributed by atoms with Gasteiger partial charge in [0.05, 0.1) is 25.3 Å². The number of carbonyl (C=O) groups is 1. The quantitative estimate of drug-likeness (QED) is 0.688. The second-order valence-electron chi connectivity index (χ2n) is 6.12. The minimum Gasteiger partial charge on any atom is -0.378 e. The van der Waals surface area contributed by atoms with Gasteiger partial charge in [0, 0.05) is 24.9 Å². The predicted molar refractivity (Wildman–Crippen MR) is 97.5 cm³/mol. The van der Waals surface area contributed by atoms with Crippen molar-refractivity contribution < 1.29 is 9.53 Å². The number of amides is 1. The van der Waals surface area contributed by atoms with Crippen LogP contribution in [0.2, 0.25) is 0 Å². The standard InChI is InChI=1S/C18H18N4O3S/c23-16(21-6-8-25-9-7-21)11-14-12-26-18-19-17(24)15(20-22(14)18)10-13-4-2-1-3-5-13/h1-5,12H,6-11H2. The first kappa shape index (κ1) is 16.9. The average Bonchev–Trinajstić information content (AvgIpc) is 3.05. The third kappa shape index (κ3) is 3.51. The van der Waals surface area contributed by atoms with Crippen LogP contribution >= 0.6 is 11.3 Å². The lowest BCUT2D eigenvalue weighted by Gasteiger charge is -2.26. The number of carbonyl (C=O) groups excluding carboxylic acids is 1. The molecule has 134 valence electrons. The Morgan fingerprint density at radius 3 is 2.73 bits per heavy atom. The molecule has 0 spiro atoms. The molecule has 1 fully saturated rings. The highest BCUT2D eigenvalue weighted by Crippen LogP contribution is 2.15. The highest BCUT2D eigenvalue weighted by Gasteiger charge is 2.19. The molecule has 0 bridgehead atoms. The first-order chi connectivity index (χ1) is 12.7. The maximum absolute atomic E-state index is 12.5. The molecule has 3 aromatic rings. The third-order valence-corrected chi connectivity index (χ3v) is 5.19. The van der Waals surface area contributed by atoms with Crippen LogP contribution in [0.5, 0.6) is 0 Å². The first-order valence-corrected chi connectivity index (χ1v) is 9.34. The zero-order valence-corrected chi connectivity index (χ0v) is 14.9.